The van der Waals surface area contributed by atoms with E-state index in [9.17, 15) is 13.2 Å². The van der Waals surface area contributed by atoms with Gasteiger partial charge >= 0.3 is 0 Å². The van der Waals surface area contributed by atoms with Crippen molar-refractivity contribution in [3.05, 3.63) is 47.2 Å². The van der Waals surface area contributed by atoms with E-state index in [1.807, 2.05) is 39.0 Å². The van der Waals surface area contributed by atoms with Crippen LogP contribution in [0.4, 0.5) is 11.5 Å². The highest BCUT2D eigenvalue weighted by molar-refractivity contribution is 7.91. The highest BCUT2D eigenvalue weighted by Crippen LogP contribution is 2.22. The number of amides is 1. The lowest BCUT2D eigenvalue weighted by atomic mass is 10.1. The molecule has 1 N–H and O–H groups in total. The average molecular weight is 388 g/mol. The van der Waals surface area contributed by atoms with Gasteiger partial charge in [0.2, 0.25) is 0 Å². The first-order chi connectivity index (χ1) is 12.8. The van der Waals surface area contributed by atoms with Gasteiger partial charge in [-0.25, -0.2) is 8.42 Å². The Morgan fingerprint density at radius 1 is 1.22 bits per heavy atom. The van der Waals surface area contributed by atoms with Gasteiger partial charge in [0, 0.05) is 18.3 Å². The van der Waals surface area contributed by atoms with Gasteiger partial charge in [-0.2, -0.15) is 0 Å². The summed E-state index contributed by atoms with van der Waals surface area (Å²) in [5, 5.41) is 11.4. The number of aromatic nitrogens is 2. The normalized spacial score (nSPS) is 18.3. The third kappa shape index (κ3) is 4.27. The zero-order chi connectivity index (χ0) is 19.6. The van der Waals surface area contributed by atoms with Crippen LogP contribution in [0.25, 0.3) is 0 Å². The molecular weight excluding hydrogens is 364 g/mol. The first-order valence-corrected chi connectivity index (χ1v) is 10.8. The zero-order valence-electron chi connectivity index (χ0n) is 15.8. The predicted molar refractivity (Wildman–Crippen MR) is 105 cm³/mol. The maximum Gasteiger partial charge on any atom is 0.274 e. The van der Waals surface area contributed by atoms with Gasteiger partial charge in [-0.05, 0) is 56.5 Å². The van der Waals surface area contributed by atoms with Crippen molar-refractivity contribution in [2.75, 3.05) is 23.4 Å². The maximum absolute atomic E-state index is 12.8. The molecule has 2 heterocycles. The molecule has 0 aliphatic carbocycles. The molecule has 1 atom stereocenters. The third-order valence-corrected chi connectivity index (χ3v) is 6.75. The molecule has 0 spiro atoms. The van der Waals surface area contributed by atoms with Crippen LogP contribution in [0.5, 0.6) is 0 Å². The Morgan fingerprint density at radius 2 is 2.00 bits per heavy atom. The molecular formula is C19H24N4O3S. The van der Waals surface area contributed by atoms with E-state index in [0.29, 0.717) is 18.8 Å². The number of carbonyl (C=O) groups excluding carboxylic acids is 1. The quantitative estimate of drug-likeness (QED) is 0.846. The number of nitrogens with one attached hydrogen (secondary N) is 1. The fourth-order valence-electron chi connectivity index (χ4n) is 3.27. The lowest BCUT2D eigenvalue weighted by Crippen LogP contribution is -2.41. The summed E-state index contributed by atoms with van der Waals surface area (Å²) in [5.41, 5.74) is 3.45. The molecule has 144 valence electrons. The van der Waals surface area contributed by atoms with Crippen molar-refractivity contribution in [3.8, 4) is 0 Å². The molecule has 1 aliphatic rings. The van der Waals surface area contributed by atoms with E-state index in [0.717, 1.165) is 11.3 Å². The molecule has 0 bridgehead atoms. The third-order valence-electron chi connectivity index (χ3n) is 5.00. The van der Waals surface area contributed by atoms with Crippen LogP contribution < -0.4 is 5.32 Å². The first-order valence-electron chi connectivity index (χ1n) is 8.99. The van der Waals surface area contributed by atoms with Gasteiger partial charge in [0.15, 0.2) is 21.3 Å². The Kier molecular flexibility index (Phi) is 5.46. The molecule has 2 aromatic rings. The lowest BCUT2D eigenvalue weighted by molar-refractivity contribution is 0.0701. The van der Waals surface area contributed by atoms with E-state index in [1.165, 1.54) is 5.56 Å². The summed E-state index contributed by atoms with van der Waals surface area (Å²) in [4.78, 5) is 14.3. The van der Waals surface area contributed by atoms with Gasteiger partial charge in [-0.1, -0.05) is 12.1 Å². The van der Waals surface area contributed by atoms with Crippen LogP contribution >= 0.6 is 0 Å². The van der Waals surface area contributed by atoms with Crippen molar-refractivity contribution in [2.45, 2.75) is 33.2 Å². The number of rotatable bonds is 5. The molecule has 1 fully saturated rings. The summed E-state index contributed by atoms with van der Waals surface area (Å²) in [7, 11) is -3.06. The second-order valence-electron chi connectivity index (χ2n) is 6.82. The number of hydrogen-bond acceptors (Lipinski definition) is 6. The van der Waals surface area contributed by atoms with Crippen LogP contribution in [0.2, 0.25) is 0 Å². The van der Waals surface area contributed by atoms with Gasteiger partial charge < -0.3 is 10.2 Å². The first kappa shape index (κ1) is 19.3. The molecule has 0 saturated carbocycles. The van der Waals surface area contributed by atoms with Crippen molar-refractivity contribution < 1.29 is 13.2 Å². The van der Waals surface area contributed by atoms with Crippen LogP contribution in [0.1, 0.15) is 35.0 Å². The van der Waals surface area contributed by atoms with E-state index in [-0.39, 0.29) is 29.1 Å². The van der Waals surface area contributed by atoms with Crippen LogP contribution in [0, 0.1) is 13.8 Å². The highest BCUT2D eigenvalue weighted by atomic mass is 32.2. The number of benzene rings is 1. The second-order valence-corrected chi connectivity index (χ2v) is 9.05. The molecule has 7 nitrogen and oxygen atoms in total. The van der Waals surface area contributed by atoms with E-state index in [2.05, 4.69) is 15.5 Å². The fourth-order valence-corrected chi connectivity index (χ4v) is 5.00. The summed E-state index contributed by atoms with van der Waals surface area (Å²) in [6, 6.07) is 9.00. The van der Waals surface area contributed by atoms with E-state index in [4.69, 9.17) is 0 Å². The molecule has 3 rings (SSSR count). The monoisotopic (exact) mass is 388 g/mol. The summed E-state index contributed by atoms with van der Waals surface area (Å²) < 4.78 is 23.4. The number of anilines is 2. The highest BCUT2D eigenvalue weighted by Gasteiger charge is 2.34. The van der Waals surface area contributed by atoms with Crippen LogP contribution in [-0.2, 0) is 9.84 Å². The SMILES string of the molecule is CCN(C(=O)c1ccc(Nc2cccc(C)c2C)nn1)C1CCS(=O)(=O)C1. The Bertz CT molecular complexity index is 942. The minimum absolute atomic E-state index is 0.0201. The van der Waals surface area contributed by atoms with Crippen LogP contribution in [0.3, 0.4) is 0 Å². The summed E-state index contributed by atoms with van der Waals surface area (Å²) in [6.07, 6.45) is 0.474. The van der Waals surface area contributed by atoms with Gasteiger partial charge in [0.1, 0.15) is 0 Å². The van der Waals surface area contributed by atoms with E-state index >= 15 is 0 Å². The minimum Gasteiger partial charge on any atom is -0.339 e. The fraction of sp³-hybridized carbons (Fsp3) is 0.421. The average Bonchev–Trinajstić information content (AvgIpc) is 2.99. The predicted octanol–water partition coefficient (Wildman–Crippen LogP) is 2.49. The van der Waals surface area contributed by atoms with Crippen molar-refractivity contribution in [3.63, 3.8) is 0 Å². The Labute approximate surface area is 159 Å². The molecule has 1 saturated heterocycles. The van der Waals surface area contributed by atoms with Gasteiger partial charge in [0.25, 0.3) is 5.91 Å². The van der Waals surface area contributed by atoms with Crippen molar-refractivity contribution in [1.29, 1.82) is 0 Å². The number of hydrogen-bond donors (Lipinski definition) is 1. The molecule has 1 aliphatic heterocycles. The number of aryl methyl sites for hydroxylation is 1. The van der Waals surface area contributed by atoms with E-state index in [1.54, 1.807) is 17.0 Å². The summed E-state index contributed by atoms with van der Waals surface area (Å²) in [6.45, 7) is 6.34. The minimum atomic E-state index is -3.06. The smallest absolute Gasteiger partial charge is 0.274 e. The number of nitrogens with zero attached hydrogens (tertiary/aromatic N) is 3. The molecule has 27 heavy (non-hydrogen) atoms. The molecule has 1 amide bonds. The van der Waals surface area contributed by atoms with Crippen molar-refractivity contribution in [1.82, 2.24) is 15.1 Å². The Hall–Kier alpha value is -2.48. The van der Waals surface area contributed by atoms with Gasteiger partial charge in [-0.3, -0.25) is 4.79 Å². The second kappa shape index (κ2) is 7.64. The molecule has 1 aromatic carbocycles. The lowest BCUT2D eigenvalue weighted by Gasteiger charge is -2.26. The summed E-state index contributed by atoms with van der Waals surface area (Å²) in [5.74, 6) is 0.412. The van der Waals surface area contributed by atoms with Crippen molar-refractivity contribution >= 4 is 27.2 Å². The van der Waals surface area contributed by atoms with Crippen molar-refractivity contribution in [2.24, 2.45) is 0 Å². The summed E-state index contributed by atoms with van der Waals surface area (Å²) >= 11 is 0. The Morgan fingerprint density at radius 3 is 2.59 bits per heavy atom. The van der Waals surface area contributed by atoms with Crippen LogP contribution in [-0.4, -0.2) is 53.5 Å². The largest absolute Gasteiger partial charge is 0.339 e. The Balaban J connectivity index is 1.74. The van der Waals surface area contributed by atoms with E-state index < -0.39 is 9.84 Å². The number of carbonyl (C=O) groups is 1. The topological polar surface area (TPSA) is 92.3 Å². The standard InChI is InChI=1S/C19H24N4O3S/c1-4-23(15-10-11-27(25,26)12-15)19(24)17-8-9-18(22-21-17)20-16-7-5-6-13(2)14(16)3/h5-9,15H,4,10-12H2,1-3H3,(H,20,22). The molecule has 0 radical (unpaired) electrons. The zero-order valence-corrected chi connectivity index (χ0v) is 16.6. The van der Waals surface area contributed by atoms with Gasteiger partial charge in [-0.15, -0.1) is 10.2 Å². The number of sulfone groups is 1. The maximum atomic E-state index is 12.8. The molecule has 1 unspecified atom stereocenters. The molecule has 8 heteroatoms. The van der Waals surface area contributed by atoms with Crippen LogP contribution in [0.15, 0.2) is 30.3 Å². The van der Waals surface area contributed by atoms with Gasteiger partial charge in [0.05, 0.1) is 11.5 Å². The molecule has 1 aromatic heterocycles.